The van der Waals surface area contributed by atoms with Crippen LogP contribution in [0.15, 0.2) is 65.8 Å². The first kappa shape index (κ1) is 18.3. The molecule has 0 spiro atoms. The van der Waals surface area contributed by atoms with E-state index in [1.165, 1.54) is 12.3 Å². The molecule has 0 fully saturated rings. The number of phenolic OH excluding ortho intramolecular Hbond substituents is 1. The second-order valence-corrected chi connectivity index (χ2v) is 5.86. The average molecular weight is 363 g/mol. The zero-order valence-corrected chi connectivity index (χ0v) is 15.0. The van der Waals surface area contributed by atoms with Crippen molar-refractivity contribution in [3.05, 3.63) is 66.2 Å². The fraction of sp³-hybridized carbons (Fsp3) is 0.143. The Bertz CT molecular complexity index is 970. The molecule has 3 aromatic rings. The molecular weight excluding hydrogens is 342 g/mol. The van der Waals surface area contributed by atoms with E-state index in [4.69, 9.17) is 4.74 Å². The van der Waals surface area contributed by atoms with Gasteiger partial charge in [-0.15, -0.1) is 0 Å². The van der Waals surface area contributed by atoms with Crippen molar-refractivity contribution >= 4 is 28.6 Å². The Labute approximate surface area is 157 Å². The summed E-state index contributed by atoms with van der Waals surface area (Å²) in [4.78, 5) is 11.9. The zero-order chi connectivity index (χ0) is 19.1. The number of phenols is 1. The fourth-order valence-corrected chi connectivity index (χ4v) is 2.59. The average Bonchev–Trinajstić information content (AvgIpc) is 2.69. The van der Waals surface area contributed by atoms with Crippen LogP contribution in [0.5, 0.6) is 11.5 Å². The summed E-state index contributed by atoms with van der Waals surface area (Å²) in [6.45, 7) is 2.49. The predicted molar refractivity (Wildman–Crippen MR) is 107 cm³/mol. The molecule has 6 heteroatoms. The number of ether oxygens (including phenoxy) is 1. The first-order valence-corrected chi connectivity index (χ1v) is 8.66. The molecule has 1 amide bonds. The van der Waals surface area contributed by atoms with E-state index in [9.17, 15) is 9.90 Å². The van der Waals surface area contributed by atoms with Crippen LogP contribution in [-0.4, -0.2) is 30.4 Å². The van der Waals surface area contributed by atoms with Crippen molar-refractivity contribution in [2.24, 2.45) is 5.10 Å². The number of aromatic hydroxyl groups is 1. The van der Waals surface area contributed by atoms with Crippen LogP contribution in [0.1, 0.15) is 12.5 Å². The van der Waals surface area contributed by atoms with Crippen LogP contribution in [0.3, 0.4) is 0 Å². The summed E-state index contributed by atoms with van der Waals surface area (Å²) in [7, 11) is 0. The minimum absolute atomic E-state index is 0.0609. The van der Waals surface area contributed by atoms with Crippen LogP contribution in [0, 0.1) is 0 Å². The topological polar surface area (TPSA) is 83.0 Å². The van der Waals surface area contributed by atoms with Crippen LogP contribution < -0.4 is 15.5 Å². The number of fused-ring (bicyclic) bond motifs is 1. The Hall–Kier alpha value is -3.54. The van der Waals surface area contributed by atoms with Crippen LogP contribution in [-0.2, 0) is 4.79 Å². The normalized spacial score (nSPS) is 10.9. The number of rotatable bonds is 7. The van der Waals surface area contributed by atoms with E-state index in [0.717, 1.165) is 16.5 Å². The molecule has 0 aliphatic rings. The lowest BCUT2D eigenvalue weighted by Gasteiger charge is -2.07. The number of anilines is 1. The summed E-state index contributed by atoms with van der Waals surface area (Å²) in [5.74, 6) is 0.395. The van der Waals surface area contributed by atoms with Gasteiger partial charge in [0.2, 0.25) is 0 Å². The number of hydrogen-bond donors (Lipinski definition) is 3. The summed E-state index contributed by atoms with van der Waals surface area (Å²) in [5, 5.41) is 19.0. The van der Waals surface area contributed by atoms with Crippen molar-refractivity contribution in [1.82, 2.24) is 5.43 Å². The first-order valence-electron chi connectivity index (χ1n) is 8.66. The minimum atomic E-state index is -0.292. The third-order valence-electron chi connectivity index (χ3n) is 3.91. The summed E-state index contributed by atoms with van der Waals surface area (Å²) < 4.78 is 5.38. The van der Waals surface area contributed by atoms with Crippen LogP contribution in [0.4, 0.5) is 5.69 Å². The Morgan fingerprint density at radius 2 is 1.93 bits per heavy atom. The molecule has 0 aliphatic heterocycles. The third-order valence-corrected chi connectivity index (χ3v) is 3.91. The van der Waals surface area contributed by atoms with Gasteiger partial charge in [0.15, 0.2) is 0 Å². The van der Waals surface area contributed by atoms with E-state index in [1.54, 1.807) is 12.1 Å². The lowest BCUT2D eigenvalue weighted by molar-refractivity contribution is -0.119. The Morgan fingerprint density at radius 1 is 1.11 bits per heavy atom. The molecule has 0 bridgehead atoms. The lowest BCUT2D eigenvalue weighted by Crippen LogP contribution is -2.25. The molecule has 0 saturated carbocycles. The van der Waals surface area contributed by atoms with Gasteiger partial charge < -0.3 is 15.2 Å². The molecule has 0 aromatic heterocycles. The highest BCUT2D eigenvalue weighted by atomic mass is 16.5. The minimum Gasteiger partial charge on any atom is -0.507 e. The molecule has 27 heavy (non-hydrogen) atoms. The van der Waals surface area contributed by atoms with Gasteiger partial charge in [0.1, 0.15) is 11.5 Å². The maximum atomic E-state index is 11.9. The smallest absolute Gasteiger partial charge is 0.259 e. The van der Waals surface area contributed by atoms with Gasteiger partial charge in [-0.1, -0.05) is 30.3 Å². The van der Waals surface area contributed by atoms with E-state index < -0.39 is 0 Å². The molecule has 0 heterocycles. The second kappa shape index (κ2) is 8.71. The number of carbonyl (C=O) groups excluding carboxylic acids is 1. The quantitative estimate of drug-likeness (QED) is 0.443. The standard InChI is InChI=1S/C21H21N3O3/c1-2-27-19-9-10-20(25)17(12-19)13-23-24-21(26)14-22-18-8-7-15-5-3-4-6-16(15)11-18/h3-13,22,25H,2,14H2,1H3,(H,24,26)/b23-13-. The molecule has 0 atom stereocenters. The first-order chi connectivity index (χ1) is 13.2. The number of hydrazone groups is 1. The lowest BCUT2D eigenvalue weighted by atomic mass is 10.1. The van der Waals surface area contributed by atoms with E-state index in [0.29, 0.717) is 17.9 Å². The molecule has 0 aliphatic carbocycles. The second-order valence-electron chi connectivity index (χ2n) is 5.86. The molecule has 6 nitrogen and oxygen atoms in total. The molecule has 0 saturated heterocycles. The van der Waals surface area contributed by atoms with Crippen molar-refractivity contribution in [3.63, 3.8) is 0 Å². The zero-order valence-electron chi connectivity index (χ0n) is 15.0. The molecule has 0 unspecified atom stereocenters. The van der Waals surface area contributed by atoms with Gasteiger partial charge in [-0.2, -0.15) is 5.10 Å². The van der Waals surface area contributed by atoms with Gasteiger partial charge in [0.05, 0.1) is 19.4 Å². The molecule has 3 rings (SSSR count). The maximum Gasteiger partial charge on any atom is 0.259 e. The Balaban J connectivity index is 1.54. The SMILES string of the molecule is CCOc1ccc(O)c(/C=N\NC(=O)CNc2ccc3ccccc3c2)c1. The van der Waals surface area contributed by atoms with Crippen molar-refractivity contribution in [2.45, 2.75) is 6.92 Å². The Morgan fingerprint density at radius 3 is 2.74 bits per heavy atom. The largest absolute Gasteiger partial charge is 0.507 e. The molecule has 0 radical (unpaired) electrons. The van der Waals surface area contributed by atoms with Crippen LogP contribution >= 0.6 is 0 Å². The van der Waals surface area contributed by atoms with Gasteiger partial charge >= 0.3 is 0 Å². The summed E-state index contributed by atoms with van der Waals surface area (Å²) in [6, 6.07) is 18.8. The van der Waals surface area contributed by atoms with E-state index in [2.05, 4.69) is 15.8 Å². The van der Waals surface area contributed by atoms with Crippen molar-refractivity contribution in [1.29, 1.82) is 0 Å². The third kappa shape index (κ3) is 4.98. The van der Waals surface area contributed by atoms with Crippen LogP contribution in [0.2, 0.25) is 0 Å². The highest BCUT2D eigenvalue weighted by molar-refractivity contribution is 5.88. The summed E-state index contributed by atoms with van der Waals surface area (Å²) >= 11 is 0. The summed E-state index contributed by atoms with van der Waals surface area (Å²) in [6.07, 6.45) is 1.38. The van der Waals surface area contributed by atoms with Crippen molar-refractivity contribution in [2.75, 3.05) is 18.5 Å². The molecule has 3 aromatic carbocycles. The number of nitrogens with zero attached hydrogens (tertiary/aromatic N) is 1. The fourth-order valence-electron chi connectivity index (χ4n) is 2.59. The number of nitrogens with one attached hydrogen (secondary N) is 2. The number of carbonyl (C=O) groups is 1. The van der Waals surface area contributed by atoms with Crippen LogP contribution in [0.25, 0.3) is 10.8 Å². The monoisotopic (exact) mass is 363 g/mol. The van der Waals surface area contributed by atoms with E-state index in [-0.39, 0.29) is 18.2 Å². The van der Waals surface area contributed by atoms with E-state index in [1.807, 2.05) is 49.4 Å². The predicted octanol–water partition coefficient (Wildman–Crippen LogP) is 3.51. The molecule has 3 N–H and O–H groups in total. The van der Waals surface area contributed by atoms with Crippen molar-refractivity contribution in [3.8, 4) is 11.5 Å². The molecular formula is C21H21N3O3. The van der Waals surface area contributed by atoms with Gasteiger partial charge in [0.25, 0.3) is 5.91 Å². The number of benzene rings is 3. The highest BCUT2D eigenvalue weighted by Crippen LogP contribution is 2.21. The van der Waals surface area contributed by atoms with Gasteiger partial charge in [0, 0.05) is 11.3 Å². The van der Waals surface area contributed by atoms with Gasteiger partial charge in [-0.3, -0.25) is 4.79 Å². The molecule has 138 valence electrons. The van der Waals surface area contributed by atoms with Gasteiger partial charge in [-0.25, -0.2) is 5.43 Å². The van der Waals surface area contributed by atoms with Crippen molar-refractivity contribution < 1.29 is 14.6 Å². The Kier molecular flexibility index (Phi) is 5.89. The maximum absolute atomic E-state index is 11.9. The van der Waals surface area contributed by atoms with Gasteiger partial charge in [-0.05, 0) is 48.0 Å². The summed E-state index contributed by atoms with van der Waals surface area (Å²) in [5.41, 5.74) is 3.75. The number of amides is 1. The number of hydrogen-bond acceptors (Lipinski definition) is 5. The highest BCUT2D eigenvalue weighted by Gasteiger charge is 2.03. The van der Waals surface area contributed by atoms with E-state index >= 15 is 0 Å².